The number of phenolic OH excluding ortho intramolecular Hbond substituents is 3. The van der Waals surface area contributed by atoms with Crippen LogP contribution in [0, 0.1) is 0 Å². The van der Waals surface area contributed by atoms with Gasteiger partial charge in [-0.2, -0.15) is 0 Å². The molecule has 0 saturated carbocycles. The molecule has 1 unspecified atom stereocenters. The third-order valence-corrected chi connectivity index (χ3v) is 3.22. The van der Waals surface area contributed by atoms with Gasteiger partial charge in [0.2, 0.25) is 0 Å². The molecule has 2 rings (SSSR count). The van der Waals surface area contributed by atoms with Gasteiger partial charge in [0.05, 0.1) is 12.5 Å². The third-order valence-electron chi connectivity index (χ3n) is 3.22. The van der Waals surface area contributed by atoms with Crippen molar-refractivity contribution in [2.45, 2.75) is 12.5 Å². The number of benzene rings is 2. The first-order chi connectivity index (χ1) is 10.9. The second-order valence-electron chi connectivity index (χ2n) is 4.90. The van der Waals surface area contributed by atoms with Crippen LogP contribution >= 0.6 is 0 Å². The van der Waals surface area contributed by atoms with Gasteiger partial charge in [0.25, 0.3) is 5.91 Å². The van der Waals surface area contributed by atoms with Gasteiger partial charge in [-0.3, -0.25) is 9.59 Å². The van der Waals surface area contributed by atoms with Crippen molar-refractivity contribution in [2.75, 3.05) is 0 Å². The molecule has 0 radical (unpaired) electrons. The van der Waals surface area contributed by atoms with E-state index in [1.807, 2.05) is 0 Å². The fourth-order valence-electron chi connectivity index (χ4n) is 2.09. The highest BCUT2D eigenvalue weighted by Gasteiger charge is 2.20. The zero-order valence-corrected chi connectivity index (χ0v) is 11.9. The van der Waals surface area contributed by atoms with Crippen LogP contribution in [-0.4, -0.2) is 32.3 Å². The molecule has 2 aromatic carbocycles. The SMILES string of the molecule is O=C(O)CC(NC(=O)c1cc(O)c(O)c(O)c1)c1ccccc1. The number of carbonyl (C=O) groups is 2. The summed E-state index contributed by atoms with van der Waals surface area (Å²) >= 11 is 0. The van der Waals surface area contributed by atoms with Crippen molar-refractivity contribution >= 4 is 11.9 Å². The zero-order valence-electron chi connectivity index (χ0n) is 11.9. The Morgan fingerprint density at radius 1 is 1.00 bits per heavy atom. The van der Waals surface area contributed by atoms with E-state index in [4.69, 9.17) is 5.11 Å². The van der Waals surface area contributed by atoms with Crippen LogP contribution in [0.1, 0.15) is 28.4 Å². The lowest BCUT2D eigenvalue weighted by Gasteiger charge is -2.17. The first-order valence-electron chi connectivity index (χ1n) is 6.71. The Labute approximate surface area is 131 Å². The standard InChI is InChI=1S/C16H15NO6/c18-12-6-10(7-13(19)15(12)22)16(23)17-11(8-14(20)21)9-4-2-1-3-5-9/h1-7,11,18-19,22H,8H2,(H,17,23)(H,20,21). The van der Waals surface area contributed by atoms with Crippen molar-refractivity contribution in [2.24, 2.45) is 0 Å². The minimum Gasteiger partial charge on any atom is -0.504 e. The van der Waals surface area contributed by atoms with E-state index < -0.39 is 35.2 Å². The first-order valence-corrected chi connectivity index (χ1v) is 6.71. The molecule has 0 aliphatic heterocycles. The minimum atomic E-state index is -1.09. The van der Waals surface area contributed by atoms with Crippen LogP contribution in [0.2, 0.25) is 0 Å². The van der Waals surface area contributed by atoms with E-state index in [1.54, 1.807) is 30.3 Å². The van der Waals surface area contributed by atoms with Crippen molar-refractivity contribution in [3.8, 4) is 17.2 Å². The average molecular weight is 317 g/mol. The molecule has 23 heavy (non-hydrogen) atoms. The van der Waals surface area contributed by atoms with E-state index in [0.29, 0.717) is 5.56 Å². The van der Waals surface area contributed by atoms with Gasteiger partial charge in [0.15, 0.2) is 17.2 Å². The summed E-state index contributed by atoms with van der Waals surface area (Å²) in [5.74, 6) is -3.80. The number of hydrogen-bond donors (Lipinski definition) is 5. The molecule has 5 N–H and O–H groups in total. The van der Waals surface area contributed by atoms with Crippen molar-refractivity contribution in [3.63, 3.8) is 0 Å². The molecule has 2 aromatic rings. The number of carbonyl (C=O) groups excluding carboxylic acids is 1. The van der Waals surface area contributed by atoms with Gasteiger partial charge in [-0.05, 0) is 17.7 Å². The highest BCUT2D eigenvalue weighted by molar-refractivity contribution is 5.96. The molecule has 1 amide bonds. The molecule has 0 saturated heterocycles. The normalized spacial score (nSPS) is 11.7. The van der Waals surface area contributed by atoms with E-state index >= 15 is 0 Å². The van der Waals surface area contributed by atoms with Crippen LogP contribution in [0.3, 0.4) is 0 Å². The molecule has 0 aliphatic rings. The van der Waals surface area contributed by atoms with E-state index in [1.165, 1.54) is 0 Å². The van der Waals surface area contributed by atoms with Gasteiger partial charge in [-0.15, -0.1) is 0 Å². The Kier molecular flexibility index (Phi) is 4.70. The predicted molar refractivity (Wildman–Crippen MR) is 80.3 cm³/mol. The van der Waals surface area contributed by atoms with Gasteiger partial charge in [-0.1, -0.05) is 30.3 Å². The lowest BCUT2D eigenvalue weighted by atomic mass is 10.0. The van der Waals surface area contributed by atoms with Crippen LogP contribution in [-0.2, 0) is 4.79 Å². The summed E-state index contributed by atoms with van der Waals surface area (Å²) in [5.41, 5.74) is 0.500. The second kappa shape index (κ2) is 6.69. The van der Waals surface area contributed by atoms with E-state index in [0.717, 1.165) is 12.1 Å². The highest BCUT2D eigenvalue weighted by Crippen LogP contribution is 2.35. The molecule has 0 aromatic heterocycles. The maximum Gasteiger partial charge on any atom is 0.305 e. The summed E-state index contributed by atoms with van der Waals surface area (Å²) in [6, 6.07) is 9.74. The Morgan fingerprint density at radius 3 is 2.09 bits per heavy atom. The lowest BCUT2D eigenvalue weighted by Crippen LogP contribution is -2.30. The number of carboxylic acids is 1. The van der Waals surface area contributed by atoms with Crippen LogP contribution < -0.4 is 5.32 Å². The fraction of sp³-hybridized carbons (Fsp3) is 0.125. The summed E-state index contributed by atoms with van der Waals surface area (Å²) in [5, 5.41) is 39.7. The molecule has 7 nitrogen and oxygen atoms in total. The molecular weight excluding hydrogens is 302 g/mol. The molecule has 7 heteroatoms. The number of hydrogen-bond acceptors (Lipinski definition) is 5. The monoisotopic (exact) mass is 317 g/mol. The maximum absolute atomic E-state index is 12.2. The van der Waals surface area contributed by atoms with Gasteiger partial charge in [0.1, 0.15) is 0 Å². The summed E-state index contributed by atoms with van der Waals surface area (Å²) in [6.07, 6.45) is -0.328. The Bertz CT molecular complexity index is 706. The fourth-order valence-corrected chi connectivity index (χ4v) is 2.09. The summed E-state index contributed by atoms with van der Waals surface area (Å²) in [4.78, 5) is 23.2. The summed E-state index contributed by atoms with van der Waals surface area (Å²) < 4.78 is 0. The summed E-state index contributed by atoms with van der Waals surface area (Å²) in [6.45, 7) is 0. The van der Waals surface area contributed by atoms with Gasteiger partial charge < -0.3 is 25.7 Å². The molecular formula is C16H15NO6. The van der Waals surface area contributed by atoms with Crippen molar-refractivity contribution in [1.29, 1.82) is 0 Å². The van der Waals surface area contributed by atoms with Crippen LogP contribution in [0.15, 0.2) is 42.5 Å². The first kappa shape index (κ1) is 16.2. The lowest BCUT2D eigenvalue weighted by molar-refractivity contribution is -0.137. The summed E-state index contributed by atoms with van der Waals surface area (Å²) in [7, 11) is 0. The van der Waals surface area contributed by atoms with E-state index in [2.05, 4.69) is 5.32 Å². The molecule has 0 aliphatic carbocycles. The van der Waals surface area contributed by atoms with Gasteiger partial charge in [0, 0.05) is 5.56 Å². The quantitative estimate of drug-likeness (QED) is 0.535. The topological polar surface area (TPSA) is 127 Å². The smallest absolute Gasteiger partial charge is 0.305 e. The zero-order chi connectivity index (χ0) is 17.0. The maximum atomic E-state index is 12.2. The number of amides is 1. The van der Waals surface area contributed by atoms with Gasteiger partial charge >= 0.3 is 5.97 Å². The van der Waals surface area contributed by atoms with Crippen LogP contribution in [0.4, 0.5) is 0 Å². The van der Waals surface area contributed by atoms with Gasteiger partial charge in [-0.25, -0.2) is 0 Å². The number of carboxylic acid groups (broad SMARTS) is 1. The Morgan fingerprint density at radius 2 is 1.57 bits per heavy atom. The Hall–Kier alpha value is -3.22. The van der Waals surface area contributed by atoms with Crippen LogP contribution in [0.25, 0.3) is 0 Å². The second-order valence-corrected chi connectivity index (χ2v) is 4.90. The number of aromatic hydroxyl groups is 3. The molecule has 0 heterocycles. The third kappa shape index (κ3) is 3.91. The van der Waals surface area contributed by atoms with E-state index in [9.17, 15) is 24.9 Å². The molecule has 120 valence electrons. The predicted octanol–water partition coefficient (Wildman–Crippen LogP) is 1.75. The number of nitrogens with one attached hydrogen (secondary N) is 1. The molecule has 0 bridgehead atoms. The van der Waals surface area contributed by atoms with Crippen molar-refractivity contribution in [1.82, 2.24) is 5.32 Å². The van der Waals surface area contributed by atoms with Crippen molar-refractivity contribution < 1.29 is 30.0 Å². The minimum absolute atomic E-state index is 0.107. The average Bonchev–Trinajstić information content (AvgIpc) is 2.51. The number of aliphatic carboxylic acids is 1. The molecule has 0 fully saturated rings. The highest BCUT2D eigenvalue weighted by atomic mass is 16.4. The molecule has 0 spiro atoms. The largest absolute Gasteiger partial charge is 0.504 e. The number of phenols is 3. The Balaban J connectivity index is 2.26. The van der Waals surface area contributed by atoms with E-state index in [-0.39, 0.29) is 12.0 Å². The van der Waals surface area contributed by atoms with Crippen LogP contribution in [0.5, 0.6) is 17.2 Å². The molecule has 1 atom stereocenters. The van der Waals surface area contributed by atoms with Crippen molar-refractivity contribution in [3.05, 3.63) is 53.6 Å². The number of rotatable bonds is 5.